The average molecular weight is 216 g/mol. The van der Waals surface area contributed by atoms with Gasteiger partial charge in [-0.25, -0.2) is 4.39 Å². The fourth-order valence-electron chi connectivity index (χ4n) is 0.896. The molecule has 0 aliphatic rings. The topological polar surface area (TPSA) is 35.2 Å². The molecule has 0 heterocycles. The van der Waals surface area contributed by atoms with Gasteiger partial charge in [0.2, 0.25) is 0 Å². The van der Waals surface area contributed by atoms with Crippen molar-refractivity contribution in [3.05, 3.63) is 41.2 Å². The fourth-order valence-corrected chi connectivity index (χ4v) is 1.08. The normalized spacial score (nSPS) is 11.5. The number of benzene rings is 1. The summed E-state index contributed by atoms with van der Waals surface area (Å²) in [6.07, 6.45) is 1.27. The zero-order chi connectivity index (χ0) is 10.4. The Hall–Kier alpha value is -1.06. The van der Waals surface area contributed by atoms with Gasteiger partial charge >= 0.3 is 0 Å². The largest absolute Gasteiger partial charge is 0.486 e. The summed E-state index contributed by atoms with van der Waals surface area (Å²) in [5, 5.41) is 0.561. The van der Waals surface area contributed by atoms with Crippen LogP contribution in [-0.2, 0) is 0 Å². The van der Waals surface area contributed by atoms with Crippen molar-refractivity contribution in [2.45, 2.75) is 0 Å². The summed E-state index contributed by atoms with van der Waals surface area (Å²) in [6, 6.07) is 6.79. The van der Waals surface area contributed by atoms with Gasteiger partial charge in [0.25, 0.3) is 0 Å². The van der Waals surface area contributed by atoms with Gasteiger partial charge in [0, 0.05) is 11.6 Å². The van der Waals surface area contributed by atoms with Gasteiger partial charge in [-0.1, -0.05) is 17.7 Å². The molecule has 2 N–H and O–H groups in total. The minimum atomic E-state index is -0.382. The van der Waals surface area contributed by atoms with Crippen molar-refractivity contribution < 1.29 is 9.13 Å². The summed E-state index contributed by atoms with van der Waals surface area (Å²) < 4.78 is 17.9. The third-order valence-electron chi connectivity index (χ3n) is 1.51. The maximum atomic E-state index is 12.8. The van der Waals surface area contributed by atoms with E-state index in [9.17, 15) is 4.39 Å². The Balaban J connectivity index is 2.49. The minimum Gasteiger partial charge on any atom is -0.486 e. The number of rotatable bonds is 4. The van der Waals surface area contributed by atoms with E-state index >= 15 is 0 Å². The number of hydrogen-bond acceptors (Lipinski definition) is 2. The molecule has 0 aliphatic heterocycles. The molecule has 76 valence electrons. The maximum absolute atomic E-state index is 12.8. The van der Waals surface area contributed by atoms with E-state index in [2.05, 4.69) is 0 Å². The maximum Gasteiger partial charge on any atom is 0.139 e. The van der Waals surface area contributed by atoms with E-state index in [0.717, 1.165) is 0 Å². The Morgan fingerprint density at radius 3 is 3.00 bits per heavy atom. The van der Waals surface area contributed by atoms with Crippen LogP contribution in [0.15, 0.2) is 36.2 Å². The van der Waals surface area contributed by atoms with Gasteiger partial charge in [0.1, 0.15) is 18.2 Å². The molecule has 4 heteroatoms. The summed E-state index contributed by atoms with van der Waals surface area (Å²) in [4.78, 5) is 0. The van der Waals surface area contributed by atoms with E-state index in [1.165, 1.54) is 6.08 Å². The van der Waals surface area contributed by atoms with Crippen LogP contribution in [-0.4, -0.2) is 13.2 Å². The van der Waals surface area contributed by atoms with Gasteiger partial charge in [-0.15, -0.1) is 0 Å². The van der Waals surface area contributed by atoms with Crippen LogP contribution >= 0.6 is 11.6 Å². The Bertz CT molecular complexity index is 328. The van der Waals surface area contributed by atoms with Crippen LogP contribution in [0.25, 0.3) is 0 Å². The Labute approximate surface area is 87.1 Å². The second-order valence-corrected chi connectivity index (χ2v) is 3.07. The molecule has 0 aromatic heterocycles. The molecule has 0 bridgehead atoms. The lowest BCUT2D eigenvalue weighted by Crippen LogP contribution is -2.01. The summed E-state index contributed by atoms with van der Waals surface area (Å²) in [5.74, 6) is 0.158. The molecule has 0 spiro atoms. The number of nitrogens with two attached hydrogens (primary N) is 1. The Kier molecular flexibility index (Phi) is 4.43. The van der Waals surface area contributed by atoms with E-state index in [4.69, 9.17) is 22.1 Å². The first-order valence-corrected chi connectivity index (χ1v) is 4.53. The van der Waals surface area contributed by atoms with Gasteiger partial charge in [-0.2, -0.15) is 0 Å². The lowest BCUT2D eigenvalue weighted by Gasteiger charge is -2.04. The van der Waals surface area contributed by atoms with Crippen molar-refractivity contribution in [2.24, 2.45) is 5.73 Å². The van der Waals surface area contributed by atoms with Crippen LogP contribution < -0.4 is 10.5 Å². The van der Waals surface area contributed by atoms with Crippen molar-refractivity contribution >= 4 is 11.6 Å². The standard InChI is InChI=1S/C10H11ClFNO/c11-8-2-1-3-10(6-8)14-7-9(12)4-5-13/h1-4,6H,5,7,13H2/b9-4-. The lowest BCUT2D eigenvalue weighted by molar-refractivity contribution is 0.318. The van der Waals surface area contributed by atoms with Crippen molar-refractivity contribution in [3.8, 4) is 5.75 Å². The molecule has 1 aromatic carbocycles. The first kappa shape index (κ1) is 11.0. The molecule has 14 heavy (non-hydrogen) atoms. The number of halogens is 2. The SMILES string of the molecule is NC/C=C(\F)COc1cccc(Cl)c1. The third-order valence-corrected chi connectivity index (χ3v) is 1.75. The average Bonchev–Trinajstić information content (AvgIpc) is 2.15. The molecule has 1 aromatic rings. The van der Waals surface area contributed by atoms with E-state index in [1.54, 1.807) is 24.3 Å². The van der Waals surface area contributed by atoms with Crippen LogP contribution in [0, 0.1) is 0 Å². The highest BCUT2D eigenvalue weighted by molar-refractivity contribution is 6.30. The van der Waals surface area contributed by atoms with Crippen molar-refractivity contribution in [1.29, 1.82) is 0 Å². The molecule has 0 radical (unpaired) electrons. The molecule has 0 atom stereocenters. The van der Waals surface area contributed by atoms with Crippen molar-refractivity contribution in [2.75, 3.05) is 13.2 Å². The monoisotopic (exact) mass is 215 g/mol. The summed E-state index contributed by atoms with van der Waals surface area (Å²) in [7, 11) is 0. The van der Waals surface area contributed by atoms with E-state index in [0.29, 0.717) is 10.8 Å². The second-order valence-electron chi connectivity index (χ2n) is 2.63. The van der Waals surface area contributed by atoms with E-state index in [-0.39, 0.29) is 19.0 Å². The molecule has 2 nitrogen and oxygen atoms in total. The Morgan fingerprint density at radius 2 is 2.36 bits per heavy atom. The molecular formula is C10H11ClFNO. The zero-order valence-corrected chi connectivity index (χ0v) is 8.30. The molecule has 0 aliphatic carbocycles. The van der Waals surface area contributed by atoms with Gasteiger partial charge in [0.15, 0.2) is 0 Å². The van der Waals surface area contributed by atoms with Crippen molar-refractivity contribution in [1.82, 2.24) is 0 Å². The molecule has 0 fully saturated rings. The Morgan fingerprint density at radius 1 is 1.57 bits per heavy atom. The smallest absolute Gasteiger partial charge is 0.139 e. The predicted molar refractivity (Wildman–Crippen MR) is 55.2 cm³/mol. The van der Waals surface area contributed by atoms with Gasteiger partial charge in [0.05, 0.1) is 0 Å². The summed E-state index contributed by atoms with van der Waals surface area (Å²) in [6.45, 7) is 0.0578. The second kappa shape index (κ2) is 5.62. The number of ether oxygens (including phenoxy) is 1. The van der Waals surface area contributed by atoms with Crippen LogP contribution in [0.3, 0.4) is 0 Å². The molecular weight excluding hydrogens is 205 g/mol. The molecule has 0 saturated carbocycles. The third kappa shape index (κ3) is 3.77. The molecule has 0 unspecified atom stereocenters. The predicted octanol–water partition coefficient (Wildman–Crippen LogP) is 2.53. The first-order chi connectivity index (χ1) is 6.72. The van der Waals surface area contributed by atoms with Gasteiger partial charge in [-0.05, 0) is 24.3 Å². The van der Waals surface area contributed by atoms with Crippen LogP contribution in [0.5, 0.6) is 5.75 Å². The lowest BCUT2D eigenvalue weighted by atomic mass is 10.3. The highest BCUT2D eigenvalue weighted by Gasteiger charge is 1.97. The van der Waals surface area contributed by atoms with Crippen LogP contribution in [0.4, 0.5) is 4.39 Å². The van der Waals surface area contributed by atoms with Crippen LogP contribution in [0.2, 0.25) is 5.02 Å². The summed E-state index contributed by atoms with van der Waals surface area (Å²) in [5.41, 5.74) is 5.13. The van der Waals surface area contributed by atoms with Gasteiger partial charge < -0.3 is 10.5 Å². The van der Waals surface area contributed by atoms with Gasteiger partial charge in [-0.3, -0.25) is 0 Å². The first-order valence-electron chi connectivity index (χ1n) is 4.15. The molecule has 1 rings (SSSR count). The molecule has 0 saturated heterocycles. The van der Waals surface area contributed by atoms with Crippen LogP contribution in [0.1, 0.15) is 0 Å². The van der Waals surface area contributed by atoms with Crippen molar-refractivity contribution in [3.63, 3.8) is 0 Å². The fraction of sp³-hybridized carbons (Fsp3) is 0.200. The molecule has 0 amide bonds. The van der Waals surface area contributed by atoms with E-state index in [1.807, 2.05) is 0 Å². The quantitative estimate of drug-likeness (QED) is 0.838. The minimum absolute atomic E-state index is 0.114. The zero-order valence-electron chi connectivity index (χ0n) is 7.54. The highest BCUT2D eigenvalue weighted by Crippen LogP contribution is 2.17. The number of hydrogen-bond donors (Lipinski definition) is 1. The summed E-state index contributed by atoms with van der Waals surface area (Å²) >= 11 is 5.71. The van der Waals surface area contributed by atoms with E-state index < -0.39 is 0 Å². The highest BCUT2D eigenvalue weighted by atomic mass is 35.5.